The zero-order chi connectivity index (χ0) is 22.2. The highest BCUT2D eigenvalue weighted by Gasteiger charge is 2.16. The Morgan fingerprint density at radius 2 is 1.23 bits per heavy atom. The third-order valence-corrected chi connectivity index (χ3v) is 5.45. The first-order chi connectivity index (χ1) is 15.0. The SMILES string of the molecule is CCCCCC[C@@H](C)Oc1ccc(-c2ccc(-c3ccc(OC)cc3)c(F)c2F)cc1. The van der Waals surface area contributed by atoms with Crippen LogP contribution in [-0.2, 0) is 0 Å². The second-order valence-electron chi connectivity index (χ2n) is 7.82. The van der Waals surface area contributed by atoms with Crippen molar-refractivity contribution in [2.75, 3.05) is 7.11 Å². The summed E-state index contributed by atoms with van der Waals surface area (Å²) in [5, 5.41) is 0. The van der Waals surface area contributed by atoms with Crippen LogP contribution in [0.4, 0.5) is 8.78 Å². The summed E-state index contributed by atoms with van der Waals surface area (Å²) in [6.07, 6.45) is 5.98. The van der Waals surface area contributed by atoms with Crippen molar-refractivity contribution in [2.45, 2.75) is 52.1 Å². The maximum atomic E-state index is 14.9. The zero-order valence-electron chi connectivity index (χ0n) is 18.5. The molecule has 0 N–H and O–H groups in total. The standard InChI is InChI=1S/C27H30F2O2/c1-4-5-6-7-8-19(2)31-23-15-11-21(12-16-23)25-18-17-24(26(28)27(25)29)20-9-13-22(30-3)14-10-20/h9-19H,4-8H2,1-3H3/t19-/m1/s1. The summed E-state index contributed by atoms with van der Waals surface area (Å²) in [5.74, 6) is -0.309. The fraction of sp³-hybridized carbons (Fsp3) is 0.333. The third kappa shape index (κ3) is 5.84. The van der Waals surface area contributed by atoms with Gasteiger partial charge in [-0.2, -0.15) is 0 Å². The summed E-state index contributed by atoms with van der Waals surface area (Å²) in [4.78, 5) is 0. The summed E-state index contributed by atoms with van der Waals surface area (Å²) >= 11 is 0. The van der Waals surface area contributed by atoms with E-state index in [4.69, 9.17) is 9.47 Å². The molecule has 0 aliphatic rings. The Labute approximate surface area is 183 Å². The fourth-order valence-electron chi connectivity index (χ4n) is 3.63. The van der Waals surface area contributed by atoms with E-state index in [2.05, 4.69) is 13.8 Å². The monoisotopic (exact) mass is 424 g/mol. The average molecular weight is 425 g/mol. The van der Waals surface area contributed by atoms with Gasteiger partial charge in [0.05, 0.1) is 13.2 Å². The second-order valence-corrected chi connectivity index (χ2v) is 7.82. The molecule has 0 radical (unpaired) electrons. The van der Waals surface area contributed by atoms with Gasteiger partial charge in [-0.3, -0.25) is 0 Å². The highest BCUT2D eigenvalue weighted by atomic mass is 19.2. The van der Waals surface area contributed by atoms with Gasteiger partial charge in [-0.25, -0.2) is 8.78 Å². The minimum Gasteiger partial charge on any atom is -0.497 e. The quantitative estimate of drug-likeness (QED) is 0.307. The molecule has 0 aromatic heterocycles. The first-order valence-corrected chi connectivity index (χ1v) is 10.9. The summed E-state index contributed by atoms with van der Waals surface area (Å²) in [6, 6.07) is 17.3. The van der Waals surface area contributed by atoms with Crippen LogP contribution in [-0.4, -0.2) is 13.2 Å². The van der Waals surface area contributed by atoms with E-state index in [1.165, 1.54) is 19.3 Å². The van der Waals surface area contributed by atoms with E-state index in [1.54, 1.807) is 55.6 Å². The summed E-state index contributed by atoms with van der Waals surface area (Å²) in [6.45, 7) is 4.26. The molecule has 3 aromatic carbocycles. The second kappa shape index (κ2) is 10.9. The third-order valence-electron chi connectivity index (χ3n) is 5.45. The number of hydrogen-bond acceptors (Lipinski definition) is 2. The van der Waals surface area contributed by atoms with Gasteiger partial charge in [-0.15, -0.1) is 0 Å². The van der Waals surface area contributed by atoms with Gasteiger partial charge < -0.3 is 9.47 Å². The van der Waals surface area contributed by atoms with Crippen molar-refractivity contribution in [1.82, 2.24) is 0 Å². The number of halogens is 2. The first-order valence-electron chi connectivity index (χ1n) is 10.9. The molecule has 0 heterocycles. The molecule has 0 bridgehead atoms. The molecule has 4 heteroatoms. The maximum Gasteiger partial charge on any atom is 0.167 e. The van der Waals surface area contributed by atoms with Crippen molar-refractivity contribution in [2.24, 2.45) is 0 Å². The minimum absolute atomic E-state index is 0.126. The predicted molar refractivity (Wildman–Crippen MR) is 123 cm³/mol. The lowest BCUT2D eigenvalue weighted by Crippen LogP contribution is -2.11. The Morgan fingerprint density at radius 3 is 1.71 bits per heavy atom. The largest absolute Gasteiger partial charge is 0.497 e. The Bertz CT molecular complexity index is 966. The van der Waals surface area contributed by atoms with Gasteiger partial charge in [0, 0.05) is 11.1 Å². The van der Waals surface area contributed by atoms with Crippen LogP contribution < -0.4 is 9.47 Å². The Morgan fingerprint density at radius 1 is 0.710 bits per heavy atom. The van der Waals surface area contributed by atoms with Crippen LogP contribution in [0.2, 0.25) is 0 Å². The van der Waals surface area contributed by atoms with Crippen LogP contribution in [0, 0.1) is 11.6 Å². The lowest BCUT2D eigenvalue weighted by atomic mass is 9.98. The van der Waals surface area contributed by atoms with E-state index >= 15 is 0 Å². The van der Waals surface area contributed by atoms with Crippen molar-refractivity contribution in [3.05, 3.63) is 72.3 Å². The van der Waals surface area contributed by atoms with Gasteiger partial charge in [-0.05, 0) is 55.2 Å². The van der Waals surface area contributed by atoms with Crippen LogP contribution in [0.15, 0.2) is 60.7 Å². The molecule has 0 saturated carbocycles. The van der Waals surface area contributed by atoms with Crippen molar-refractivity contribution < 1.29 is 18.3 Å². The normalized spacial score (nSPS) is 11.9. The van der Waals surface area contributed by atoms with Crippen LogP contribution in [0.3, 0.4) is 0 Å². The van der Waals surface area contributed by atoms with E-state index in [0.717, 1.165) is 18.6 Å². The van der Waals surface area contributed by atoms with Crippen LogP contribution in [0.25, 0.3) is 22.3 Å². The van der Waals surface area contributed by atoms with E-state index in [9.17, 15) is 8.78 Å². The highest BCUT2D eigenvalue weighted by Crippen LogP contribution is 2.33. The molecular weight excluding hydrogens is 394 g/mol. The van der Waals surface area contributed by atoms with Crippen molar-refractivity contribution in [3.8, 4) is 33.8 Å². The van der Waals surface area contributed by atoms with E-state index < -0.39 is 11.6 Å². The molecule has 0 aliphatic heterocycles. The molecule has 0 spiro atoms. The van der Waals surface area contributed by atoms with Gasteiger partial charge >= 0.3 is 0 Å². The van der Waals surface area contributed by atoms with Gasteiger partial charge in [-0.1, -0.05) is 62.6 Å². The molecule has 0 amide bonds. The molecular formula is C27H30F2O2. The molecule has 0 unspecified atom stereocenters. The lowest BCUT2D eigenvalue weighted by Gasteiger charge is -2.15. The van der Waals surface area contributed by atoms with E-state index in [-0.39, 0.29) is 17.2 Å². The molecule has 1 atom stereocenters. The van der Waals surface area contributed by atoms with E-state index in [1.807, 2.05) is 12.1 Å². The summed E-state index contributed by atoms with van der Waals surface area (Å²) in [7, 11) is 1.56. The van der Waals surface area contributed by atoms with Crippen LogP contribution in [0.5, 0.6) is 11.5 Å². The molecule has 31 heavy (non-hydrogen) atoms. The number of benzene rings is 3. The molecule has 2 nitrogen and oxygen atoms in total. The van der Waals surface area contributed by atoms with Gasteiger partial charge in [0.2, 0.25) is 0 Å². The molecule has 0 fully saturated rings. The van der Waals surface area contributed by atoms with Gasteiger partial charge in [0.15, 0.2) is 11.6 Å². The lowest BCUT2D eigenvalue weighted by molar-refractivity contribution is 0.206. The summed E-state index contributed by atoms with van der Waals surface area (Å²) < 4.78 is 40.7. The van der Waals surface area contributed by atoms with Crippen LogP contribution in [0.1, 0.15) is 46.0 Å². The Balaban J connectivity index is 1.71. The van der Waals surface area contributed by atoms with Crippen LogP contribution >= 0.6 is 0 Å². The molecule has 0 aliphatic carbocycles. The number of rotatable bonds is 10. The van der Waals surface area contributed by atoms with Crippen molar-refractivity contribution >= 4 is 0 Å². The average Bonchev–Trinajstić information content (AvgIpc) is 2.79. The maximum absolute atomic E-state index is 14.9. The predicted octanol–water partition coefficient (Wildman–Crippen LogP) is 8.05. The highest BCUT2D eigenvalue weighted by molar-refractivity contribution is 5.72. The molecule has 3 aromatic rings. The number of methoxy groups -OCH3 is 1. The van der Waals surface area contributed by atoms with Crippen molar-refractivity contribution in [1.29, 1.82) is 0 Å². The van der Waals surface area contributed by atoms with Gasteiger partial charge in [0.1, 0.15) is 11.5 Å². The molecule has 0 saturated heterocycles. The molecule has 164 valence electrons. The number of unbranched alkanes of at least 4 members (excludes halogenated alkanes) is 3. The molecule has 3 rings (SSSR count). The smallest absolute Gasteiger partial charge is 0.167 e. The minimum atomic E-state index is -0.858. The van der Waals surface area contributed by atoms with E-state index in [0.29, 0.717) is 16.9 Å². The Kier molecular flexibility index (Phi) is 8.05. The number of ether oxygens (including phenoxy) is 2. The Hall–Kier alpha value is -2.88. The zero-order valence-corrected chi connectivity index (χ0v) is 18.5. The topological polar surface area (TPSA) is 18.5 Å². The first kappa shape index (κ1) is 22.8. The number of hydrogen-bond donors (Lipinski definition) is 0. The van der Waals surface area contributed by atoms with Gasteiger partial charge in [0.25, 0.3) is 0 Å². The fourth-order valence-corrected chi connectivity index (χ4v) is 3.63. The van der Waals surface area contributed by atoms with Crippen molar-refractivity contribution in [3.63, 3.8) is 0 Å². The summed E-state index contributed by atoms with van der Waals surface area (Å²) in [5.41, 5.74) is 1.66.